The van der Waals surface area contributed by atoms with Gasteiger partial charge >= 0.3 is 5.97 Å². The molecule has 1 aromatic heterocycles. The van der Waals surface area contributed by atoms with Gasteiger partial charge in [-0.25, -0.2) is 4.79 Å². The van der Waals surface area contributed by atoms with Gasteiger partial charge in [0.25, 0.3) is 0 Å². The quantitative estimate of drug-likeness (QED) is 0.262. The van der Waals surface area contributed by atoms with E-state index in [2.05, 4.69) is 17.1 Å². The van der Waals surface area contributed by atoms with Gasteiger partial charge in [0.15, 0.2) is 5.84 Å². The zero-order valence-electron chi connectivity index (χ0n) is 13.1. The van der Waals surface area contributed by atoms with Gasteiger partial charge in [-0.1, -0.05) is 44.3 Å². The molecule has 1 atom stereocenters. The van der Waals surface area contributed by atoms with Crippen molar-refractivity contribution in [3.8, 4) is 0 Å². The highest BCUT2D eigenvalue weighted by Gasteiger charge is 2.33. The van der Waals surface area contributed by atoms with Crippen molar-refractivity contribution in [2.45, 2.75) is 52.9 Å². The second-order valence-corrected chi connectivity index (χ2v) is 5.44. The fourth-order valence-electron chi connectivity index (χ4n) is 1.95. The van der Waals surface area contributed by atoms with Gasteiger partial charge in [0.1, 0.15) is 5.69 Å². The summed E-state index contributed by atoms with van der Waals surface area (Å²) in [6.07, 6.45) is 6.38. The molecule has 0 aliphatic carbocycles. The summed E-state index contributed by atoms with van der Waals surface area (Å²) in [5, 5.41) is 3.72. The van der Waals surface area contributed by atoms with Crippen molar-refractivity contribution in [3.05, 3.63) is 30.1 Å². The van der Waals surface area contributed by atoms with Gasteiger partial charge < -0.3 is 10.6 Å². The Morgan fingerprint density at radius 2 is 2.14 bits per heavy atom. The summed E-state index contributed by atoms with van der Waals surface area (Å²) >= 11 is 0. The summed E-state index contributed by atoms with van der Waals surface area (Å²) in [6, 6.07) is 5.30. The molecule has 5 heteroatoms. The Balaban J connectivity index is 2.65. The molecule has 0 aliphatic heterocycles. The van der Waals surface area contributed by atoms with Gasteiger partial charge in [0.05, 0.1) is 5.41 Å². The van der Waals surface area contributed by atoms with E-state index >= 15 is 0 Å². The van der Waals surface area contributed by atoms with E-state index in [0.29, 0.717) is 12.1 Å². The van der Waals surface area contributed by atoms with Crippen LogP contribution in [0, 0.1) is 5.41 Å². The van der Waals surface area contributed by atoms with Crippen LogP contribution in [0.5, 0.6) is 0 Å². The molecule has 2 N–H and O–H groups in total. The fraction of sp³-hybridized carbons (Fsp3) is 0.562. The first-order valence-corrected chi connectivity index (χ1v) is 7.49. The third-order valence-corrected chi connectivity index (χ3v) is 3.76. The van der Waals surface area contributed by atoms with E-state index in [9.17, 15) is 4.79 Å². The molecule has 0 amide bonds. The highest BCUT2D eigenvalue weighted by molar-refractivity contribution is 5.95. The van der Waals surface area contributed by atoms with E-state index in [-0.39, 0.29) is 11.8 Å². The molecule has 0 spiro atoms. The maximum Gasteiger partial charge on any atom is 0.340 e. The lowest BCUT2D eigenvalue weighted by molar-refractivity contribution is -0.155. The Morgan fingerprint density at radius 1 is 1.38 bits per heavy atom. The van der Waals surface area contributed by atoms with Crippen LogP contribution in [0.15, 0.2) is 29.6 Å². The molecule has 1 unspecified atom stereocenters. The van der Waals surface area contributed by atoms with Crippen LogP contribution in [0.2, 0.25) is 0 Å². The minimum Gasteiger partial charge on any atom is -0.379 e. The summed E-state index contributed by atoms with van der Waals surface area (Å²) in [5.41, 5.74) is 5.74. The lowest BCUT2D eigenvalue weighted by Gasteiger charge is -2.24. The SMILES string of the molecule is CCCCCC(C)(CC)C(=O)O/N=C(\N)c1ccccn1. The number of hydrogen-bond acceptors (Lipinski definition) is 4. The number of nitrogens with zero attached hydrogens (tertiary/aromatic N) is 2. The zero-order valence-corrected chi connectivity index (χ0v) is 13.1. The van der Waals surface area contributed by atoms with Crippen molar-refractivity contribution in [1.82, 2.24) is 4.98 Å². The Labute approximate surface area is 126 Å². The topological polar surface area (TPSA) is 77.6 Å². The fourth-order valence-corrected chi connectivity index (χ4v) is 1.95. The maximum absolute atomic E-state index is 12.2. The molecular formula is C16H25N3O2. The van der Waals surface area contributed by atoms with Crippen molar-refractivity contribution < 1.29 is 9.63 Å². The van der Waals surface area contributed by atoms with E-state index < -0.39 is 5.41 Å². The molecule has 0 bridgehead atoms. The van der Waals surface area contributed by atoms with Crippen molar-refractivity contribution in [2.75, 3.05) is 0 Å². The normalized spacial score (nSPS) is 14.5. The van der Waals surface area contributed by atoms with E-state index in [0.717, 1.165) is 25.7 Å². The van der Waals surface area contributed by atoms with Crippen LogP contribution in [-0.2, 0) is 9.63 Å². The van der Waals surface area contributed by atoms with E-state index in [4.69, 9.17) is 10.6 Å². The van der Waals surface area contributed by atoms with Crippen LogP contribution >= 0.6 is 0 Å². The molecule has 1 heterocycles. The Bertz CT molecular complexity index is 474. The van der Waals surface area contributed by atoms with E-state index in [1.54, 1.807) is 24.4 Å². The number of hydrogen-bond donors (Lipinski definition) is 1. The average Bonchev–Trinajstić information content (AvgIpc) is 2.53. The van der Waals surface area contributed by atoms with Gasteiger partial charge in [-0.2, -0.15) is 0 Å². The molecule has 1 rings (SSSR count). The second-order valence-electron chi connectivity index (χ2n) is 5.44. The highest BCUT2D eigenvalue weighted by atomic mass is 16.7. The molecular weight excluding hydrogens is 266 g/mol. The predicted octanol–water partition coefficient (Wildman–Crippen LogP) is 3.24. The van der Waals surface area contributed by atoms with Crippen molar-refractivity contribution in [3.63, 3.8) is 0 Å². The minimum atomic E-state index is -0.511. The lowest BCUT2D eigenvalue weighted by Crippen LogP contribution is -2.29. The molecule has 21 heavy (non-hydrogen) atoms. The van der Waals surface area contributed by atoms with Crippen molar-refractivity contribution in [2.24, 2.45) is 16.3 Å². The zero-order chi connectivity index (χ0) is 15.7. The number of amidine groups is 1. The molecule has 1 aromatic rings. The van der Waals surface area contributed by atoms with Crippen LogP contribution in [0.25, 0.3) is 0 Å². The maximum atomic E-state index is 12.2. The minimum absolute atomic E-state index is 0.107. The predicted molar refractivity (Wildman–Crippen MR) is 83.6 cm³/mol. The first kappa shape index (κ1) is 17.1. The summed E-state index contributed by atoms with van der Waals surface area (Å²) in [4.78, 5) is 21.3. The Morgan fingerprint density at radius 3 is 2.71 bits per heavy atom. The van der Waals surface area contributed by atoms with Gasteiger partial charge in [-0.3, -0.25) is 4.98 Å². The van der Waals surface area contributed by atoms with Gasteiger partial charge in [-0.15, -0.1) is 0 Å². The Kier molecular flexibility index (Phi) is 6.85. The summed E-state index contributed by atoms with van der Waals surface area (Å²) in [6.45, 7) is 6.04. The molecule has 0 radical (unpaired) electrons. The number of unbranched alkanes of at least 4 members (excludes halogenated alkanes) is 2. The highest BCUT2D eigenvalue weighted by Crippen LogP contribution is 2.30. The van der Waals surface area contributed by atoms with Gasteiger partial charge in [0.2, 0.25) is 0 Å². The van der Waals surface area contributed by atoms with E-state index in [1.807, 2.05) is 13.8 Å². The average molecular weight is 291 g/mol. The number of oxime groups is 1. The molecule has 0 fully saturated rings. The number of aromatic nitrogens is 1. The van der Waals surface area contributed by atoms with Gasteiger partial charge in [0, 0.05) is 6.20 Å². The number of nitrogens with two attached hydrogens (primary N) is 1. The monoisotopic (exact) mass is 291 g/mol. The lowest BCUT2D eigenvalue weighted by atomic mass is 9.82. The third kappa shape index (κ3) is 5.17. The first-order chi connectivity index (χ1) is 10.0. The van der Waals surface area contributed by atoms with Crippen LogP contribution in [0.4, 0.5) is 0 Å². The summed E-state index contributed by atoms with van der Waals surface area (Å²) in [7, 11) is 0. The van der Waals surface area contributed by atoms with Crippen molar-refractivity contribution >= 4 is 11.8 Å². The standard InChI is InChI=1S/C16H25N3O2/c1-4-6-8-11-16(3,5-2)15(20)21-19-14(17)13-10-7-9-12-18-13/h7,9-10,12H,4-6,8,11H2,1-3H3,(H2,17,19). The molecule has 116 valence electrons. The molecule has 5 nitrogen and oxygen atoms in total. The first-order valence-electron chi connectivity index (χ1n) is 7.49. The van der Waals surface area contributed by atoms with Crippen LogP contribution in [0.1, 0.15) is 58.6 Å². The van der Waals surface area contributed by atoms with Crippen molar-refractivity contribution in [1.29, 1.82) is 0 Å². The second kappa shape index (κ2) is 8.39. The number of carbonyl (C=O) groups is 1. The molecule has 0 saturated carbocycles. The molecule has 0 aliphatic rings. The number of rotatable bonds is 8. The third-order valence-electron chi connectivity index (χ3n) is 3.76. The van der Waals surface area contributed by atoms with Gasteiger partial charge in [-0.05, 0) is 31.9 Å². The molecule has 0 aromatic carbocycles. The summed E-state index contributed by atoms with van der Waals surface area (Å²) in [5.74, 6) is -0.226. The largest absolute Gasteiger partial charge is 0.379 e. The smallest absolute Gasteiger partial charge is 0.340 e. The van der Waals surface area contributed by atoms with Crippen LogP contribution in [0.3, 0.4) is 0 Å². The van der Waals surface area contributed by atoms with E-state index in [1.165, 1.54) is 0 Å². The summed E-state index contributed by atoms with van der Waals surface area (Å²) < 4.78 is 0. The van der Waals surface area contributed by atoms with Crippen LogP contribution in [-0.4, -0.2) is 16.8 Å². The molecule has 0 saturated heterocycles. The van der Waals surface area contributed by atoms with Crippen LogP contribution < -0.4 is 5.73 Å². The number of carbonyl (C=O) groups excluding carboxylic acids is 1. The Hall–Kier alpha value is -1.91. The number of pyridine rings is 1.